The Morgan fingerprint density at radius 1 is 1.50 bits per heavy atom. The summed E-state index contributed by atoms with van der Waals surface area (Å²) in [5, 5.41) is 0. The molecule has 0 aromatic heterocycles. The molecule has 2 N–H and O–H groups in total. The minimum absolute atomic E-state index is 0.661. The van der Waals surface area contributed by atoms with Crippen LogP contribution >= 0.6 is 11.8 Å². The van der Waals surface area contributed by atoms with E-state index in [9.17, 15) is 0 Å². The van der Waals surface area contributed by atoms with Crippen molar-refractivity contribution in [3.63, 3.8) is 0 Å². The van der Waals surface area contributed by atoms with Crippen LogP contribution in [-0.4, -0.2) is 42.0 Å². The molecule has 0 bridgehead atoms. The maximum Gasteiger partial charge on any atom is 0.191 e. The van der Waals surface area contributed by atoms with Gasteiger partial charge in [0, 0.05) is 24.6 Å². The largest absolute Gasteiger partial charge is 0.370 e. The second-order valence-electron chi connectivity index (χ2n) is 2.78. The molecule has 0 aromatic carbocycles. The minimum Gasteiger partial charge on any atom is -0.370 e. The molecule has 0 heterocycles. The highest BCUT2D eigenvalue weighted by molar-refractivity contribution is 7.99. The standard InChI is InChI=1S/C10H21N3S/c1-4-8-14-9-7-12-10(11)13(5-2)6-3/h4H,1,5-9H2,2-3H3,(H2,11,12). The van der Waals surface area contributed by atoms with Gasteiger partial charge in [-0.3, -0.25) is 4.99 Å². The molecule has 0 amide bonds. The lowest BCUT2D eigenvalue weighted by Crippen LogP contribution is -2.37. The van der Waals surface area contributed by atoms with Crippen LogP contribution in [0.15, 0.2) is 17.6 Å². The third-order valence-corrected chi connectivity index (χ3v) is 2.78. The van der Waals surface area contributed by atoms with Gasteiger partial charge in [-0.25, -0.2) is 0 Å². The van der Waals surface area contributed by atoms with Crippen LogP contribution in [0, 0.1) is 0 Å². The quantitative estimate of drug-likeness (QED) is 0.303. The summed E-state index contributed by atoms with van der Waals surface area (Å²) in [5.74, 6) is 2.66. The summed E-state index contributed by atoms with van der Waals surface area (Å²) in [7, 11) is 0. The summed E-state index contributed by atoms with van der Waals surface area (Å²) in [6.07, 6.45) is 1.90. The lowest BCUT2D eigenvalue weighted by molar-refractivity contribution is 0.458. The highest BCUT2D eigenvalue weighted by Gasteiger charge is 2.00. The van der Waals surface area contributed by atoms with Gasteiger partial charge in [0.1, 0.15) is 0 Å². The molecule has 0 aliphatic carbocycles. The third-order valence-electron chi connectivity index (χ3n) is 1.83. The smallest absolute Gasteiger partial charge is 0.191 e. The van der Waals surface area contributed by atoms with Crippen molar-refractivity contribution in [2.45, 2.75) is 13.8 Å². The lowest BCUT2D eigenvalue weighted by atomic mass is 10.5. The highest BCUT2D eigenvalue weighted by atomic mass is 32.2. The number of nitrogens with two attached hydrogens (primary N) is 1. The van der Waals surface area contributed by atoms with Gasteiger partial charge in [0.15, 0.2) is 5.96 Å². The first-order chi connectivity index (χ1) is 6.76. The number of hydrogen-bond acceptors (Lipinski definition) is 2. The number of nitrogens with zero attached hydrogens (tertiary/aromatic N) is 2. The van der Waals surface area contributed by atoms with Crippen molar-refractivity contribution in [2.24, 2.45) is 10.7 Å². The molecule has 0 aliphatic rings. The molecule has 14 heavy (non-hydrogen) atoms. The van der Waals surface area contributed by atoms with Gasteiger partial charge >= 0.3 is 0 Å². The fraction of sp³-hybridized carbons (Fsp3) is 0.700. The molecule has 82 valence electrons. The van der Waals surface area contributed by atoms with E-state index < -0.39 is 0 Å². The van der Waals surface area contributed by atoms with Crippen molar-refractivity contribution in [1.82, 2.24) is 4.90 Å². The maximum atomic E-state index is 5.80. The number of rotatable bonds is 7. The second kappa shape index (κ2) is 8.94. The van der Waals surface area contributed by atoms with E-state index in [2.05, 4.69) is 30.3 Å². The summed E-state index contributed by atoms with van der Waals surface area (Å²) >= 11 is 1.82. The Hall–Kier alpha value is -0.640. The van der Waals surface area contributed by atoms with Gasteiger partial charge in [0.2, 0.25) is 0 Å². The van der Waals surface area contributed by atoms with Crippen LogP contribution < -0.4 is 5.73 Å². The Morgan fingerprint density at radius 3 is 2.64 bits per heavy atom. The van der Waals surface area contributed by atoms with Gasteiger partial charge in [0.05, 0.1) is 6.54 Å². The van der Waals surface area contributed by atoms with Crippen molar-refractivity contribution < 1.29 is 0 Å². The molecule has 0 radical (unpaired) electrons. The first-order valence-electron chi connectivity index (χ1n) is 4.99. The van der Waals surface area contributed by atoms with Gasteiger partial charge in [-0.1, -0.05) is 6.08 Å². The van der Waals surface area contributed by atoms with Crippen LogP contribution in [0.25, 0.3) is 0 Å². The molecule has 0 saturated carbocycles. The van der Waals surface area contributed by atoms with Crippen molar-refractivity contribution in [3.8, 4) is 0 Å². The van der Waals surface area contributed by atoms with E-state index in [4.69, 9.17) is 5.73 Å². The van der Waals surface area contributed by atoms with E-state index in [1.54, 1.807) is 0 Å². The van der Waals surface area contributed by atoms with Gasteiger partial charge in [0.25, 0.3) is 0 Å². The Balaban J connectivity index is 3.68. The van der Waals surface area contributed by atoms with Crippen LogP contribution in [0.1, 0.15) is 13.8 Å². The third kappa shape index (κ3) is 5.91. The summed E-state index contributed by atoms with van der Waals surface area (Å²) in [6, 6.07) is 0. The van der Waals surface area contributed by atoms with Gasteiger partial charge in [-0.05, 0) is 13.8 Å². The molecule has 0 unspecified atom stereocenters. The molecule has 0 aromatic rings. The minimum atomic E-state index is 0.661. The number of hydrogen-bond donors (Lipinski definition) is 1. The van der Waals surface area contributed by atoms with Crippen molar-refractivity contribution >= 4 is 17.7 Å². The molecule has 0 fully saturated rings. The van der Waals surface area contributed by atoms with Gasteiger partial charge in [-0.15, -0.1) is 6.58 Å². The highest BCUT2D eigenvalue weighted by Crippen LogP contribution is 1.98. The number of guanidine groups is 1. The Kier molecular flexibility index (Phi) is 8.53. The van der Waals surface area contributed by atoms with Crippen LogP contribution in [0.2, 0.25) is 0 Å². The van der Waals surface area contributed by atoms with Crippen LogP contribution in [0.4, 0.5) is 0 Å². The van der Waals surface area contributed by atoms with E-state index in [0.29, 0.717) is 5.96 Å². The van der Waals surface area contributed by atoms with Gasteiger partial charge in [-0.2, -0.15) is 11.8 Å². The first-order valence-corrected chi connectivity index (χ1v) is 6.15. The summed E-state index contributed by atoms with van der Waals surface area (Å²) in [4.78, 5) is 6.36. The SMILES string of the molecule is C=CCSCCN=C(N)N(CC)CC. The predicted molar refractivity (Wildman–Crippen MR) is 66.9 cm³/mol. The number of thioether (sulfide) groups is 1. The van der Waals surface area contributed by atoms with Crippen LogP contribution in [0.3, 0.4) is 0 Å². The van der Waals surface area contributed by atoms with Crippen LogP contribution in [-0.2, 0) is 0 Å². The van der Waals surface area contributed by atoms with E-state index in [0.717, 1.165) is 31.1 Å². The van der Waals surface area contributed by atoms with Crippen molar-refractivity contribution in [2.75, 3.05) is 31.1 Å². The molecular weight excluding hydrogens is 194 g/mol. The van der Waals surface area contributed by atoms with Crippen molar-refractivity contribution in [3.05, 3.63) is 12.7 Å². The van der Waals surface area contributed by atoms with E-state index in [1.165, 1.54) is 0 Å². The normalized spacial score (nSPS) is 11.4. The fourth-order valence-electron chi connectivity index (χ4n) is 1.04. The average Bonchev–Trinajstić information content (AvgIpc) is 2.19. The molecule has 0 rings (SSSR count). The molecule has 4 heteroatoms. The Bertz CT molecular complexity index is 176. The van der Waals surface area contributed by atoms with Gasteiger partial charge < -0.3 is 10.6 Å². The zero-order valence-electron chi connectivity index (χ0n) is 9.20. The zero-order chi connectivity index (χ0) is 10.8. The van der Waals surface area contributed by atoms with Crippen molar-refractivity contribution in [1.29, 1.82) is 0 Å². The van der Waals surface area contributed by atoms with E-state index >= 15 is 0 Å². The predicted octanol–water partition coefficient (Wildman–Crippen LogP) is 1.56. The monoisotopic (exact) mass is 215 g/mol. The lowest BCUT2D eigenvalue weighted by Gasteiger charge is -2.19. The Morgan fingerprint density at radius 2 is 2.14 bits per heavy atom. The molecule has 0 atom stereocenters. The van der Waals surface area contributed by atoms with E-state index in [-0.39, 0.29) is 0 Å². The topological polar surface area (TPSA) is 41.6 Å². The average molecular weight is 215 g/mol. The second-order valence-corrected chi connectivity index (χ2v) is 3.93. The number of aliphatic imine (C=N–C) groups is 1. The molecule has 3 nitrogen and oxygen atoms in total. The fourth-order valence-corrected chi connectivity index (χ4v) is 1.59. The van der Waals surface area contributed by atoms with Crippen LogP contribution in [0.5, 0.6) is 0 Å². The molecule has 0 spiro atoms. The summed E-state index contributed by atoms with van der Waals surface area (Å²) < 4.78 is 0. The molecule has 0 saturated heterocycles. The van der Waals surface area contributed by atoms with E-state index in [1.807, 2.05) is 17.8 Å². The molecule has 0 aliphatic heterocycles. The Labute approximate surface area is 91.5 Å². The summed E-state index contributed by atoms with van der Waals surface area (Å²) in [6.45, 7) is 10.5. The maximum absolute atomic E-state index is 5.80. The first kappa shape index (κ1) is 13.4. The zero-order valence-corrected chi connectivity index (χ0v) is 10.0. The molecular formula is C10H21N3S. The summed E-state index contributed by atoms with van der Waals surface area (Å²) in [5.41, 5.74) is 5.80.